The molecule has 0 atom stereocenters. The first kappa shape index (κ1) is 13.3. The van der Waals surface area contributed by atoms with Crippen molar-refractivity contribution in [2.45, 2.75) is 38.1 Å². The van der Waals surface area contributed by atoms with Crippen molar-refractivity contribution in [3.05, 3.63) is 0 Å². The molecule has 2 fully saturated rings. The van der Waals surface area contributed by atoms with E-state index >= 15 is 0 Å². The maximum Gasteiger partial charge on any atom is 0.323 e. The molecular formula is C12H22N4O2. The maximum absolute atomic E-state index is 11.6. The van der Waals surface area contributed by atoms with E-state index in [1.807, 2.05) is 5.43 Å². The predicted molar refractivity (Wildman–Crippen MR) is 67.4 cm³/mol. The third-order valence-electron chi connectivity index (χ3n) is 4.02. The summed E-state index contributed by atoms with van der Waals surface area (Å²) in [5, 5.41) is 0. The maximum atomic E-state index is 11.6. The summed E-state index contributed by atoms with van der Waals surface area (Å²) < 4.78 is 0. The van der Waals surface area contributed by atoms with E-state index in [9.17, 15) is 9.59 Å². The number of nitrogens with one attached hydrogen (secondary N) is 1. The molecule has 0 aromatic heterocycles. The van der Waals surface area contributed by atoms with Crippen molar-refractivity contribution < 1.29 is 9.59 Å². The van der Waals surface area contributed by atoms with E-state index in [0.717, 1.165) is 13.1 Å². The zero-order valence-corrected chi connectivity index (χ0v) is 10.7. The van der Waals surface area contributed by atoms with Crippen molar-refractivity contribution >= 4 is 11.8 Å². The normalized spacial score (nSPS) is 22.8. The lowest BCUT2D eigenvalue weighted by Gasteiger charge is -2.40. The number of carbonyl (C=O) groups excluding carboxylic acids is 2. The Morgan fingerprint density at radius 3 is 2.17 bits per heavy atom. The highest BCUT2D eigenvalue weighted by atomic mass is 16.2. The van der Waals surface area contributed by atoms with Crippen LogP contribution in [0.3, 0.4) is 0 Å². The third-order valence-corrected chi connectivity index (χ3v) is 4.02. The number of rotatable bonds is 1. The Morgan fingerprint density at radius 2 is 1.61 bits per heavy atom. The molecule has 0 radical (unpaired) electrons. The SMILES string of the molecule is NNC(=O)C(=O)N1CCN(C2CCCCC2)CC1. The van der Waals surface area contributed by atoms with Crippen molar-refractivity contribution in [3.8, 4) is 0 Å². The average molecular weight is 254 g/mol. The van der Waals surface area contributed by atoms with Crippen molar-refractivity contribution in [1.29, 1.82) is 0 Å². The van der Waals surface area contributed by atoms with Crippen molar-refractivity contribution in [1.82, 2.24) is 15.2 Å². The van der Waals surface area contributed by atoms with Crippen LogP contribution in [0.25, 0.3) is 0 Å². The lowest BCUT2D eigenvalue weighted by atomic mass is 9.94. The Kier molecular flexibility index (Phi) is 4.54. The van der Waals surface area contributed by atoms with Crippen LogP contribution in [-0.4, -0.2) is 53.8 Å². The predicted octanol–water partition coefficient (Wildman–Crippen LogP) is -0.547. The standard InChI is InChI=1S/C12H22N4O2/c13-14-11(17)12(18)16-8-6-15(7-9-16)10-4-2-1-3-5-10/h10H,1-9,13H2,(H,14,17). The van der Waals surface area contributed by atoms with Gasteiger partial charge in [-0.05, 0) is 12.8 Å². The first-order valence-electron chi connectivity index (χ1n) is 6.76. The number of nitrogens with zero attached hydrogens (tertiary/aromatic N) is 2. The topological polar surface area (TPSA) is 78.7 Å². The molecule has 1 heterocycles. The van der Waals surface area contributed by atoms with Crippen LogP contribution in [0.4, 0.5) is 0 Å². The van der Waals surface area contributed by atoms with Crippen LogP contribution >= 0.6 is 0 Å². The summed E-state index contributed by atoms with van der Waals surface area (Å²) in [6.07, 6.45) is 6.54. The monoisotopic (exact) mass is 254 g/mol. The van der Waals surface area contributed by atoms with Gasteiger partial charge < -0.3 is 4.90 Å². The van der Waals surface area contributed by atoms with E-state index in [2.05, 4.69) is 4.90 Å². The van der Waals surface area contributed by atoms with Crippen molar-refractivity contribution in [2.24, 2.45) is 5.84 Å². The molecule has 18 heavy (non-hydrogen) atoms. The fraction of sp³-hybridized carbons (Fsp3) is 0.833. The van der Waals surface area contributed by atoms with Crippen LogP contribution in [0.1, 0.15) is 32.1 Å². The number of hydrogen-bond donors (Lipinski definition) is 2. The van der Waals surface area contributed by atoms with Gasteiger partial charge in [0.2, 0.25) is 0 Å². The molecule has 6 nitrogen and oxygen atoms in total. The van der Waals surface area contributed by atoms with Crippen molar-refractivity contribution in [3.63, 3.8) is 0 Å². The van der Waals surface area contributed by atoms with Gasteiger partial charge in [0.25, 0.3) is 0 Å². The number of hydrogen-bond acceptors (Lipinski definition) is 4. The lowest BCUT2D eigenvalue weighted by Crippen LogP contribution is -2.55. The quantitative estimate of drug-likeness (QED) is 0.285. The zero-order chi connectivity index (χ0) is 13.0. The minimum absolute atomic E-state index is 0.513. The second-order valence-electron chi connectivity index (χ2n) is 5.09. The molecule has 2 amide bonds. The summed E-state index contributed by atoms with van der Waals surface area (Å²) in [7, 11) is 0. The molecule has 0 bridgehead atoms. The summed E-state index contributed by atoms with van der Waals surface area (Å²) in [4.78, 5) is 26.8. The summed E-state index contributed by atoms with van der Waals surface area (Å²) in [6.45, 7) is 2.99. The first-order chi connectivity index (χ1) is 8.72. The summed E-state index contributed by atoms with van der Waals surface area (Å²) >= 11 is 0. The largest absolute Gasteiger partial charge is 0.332 e. The Labute approximate surface area is 107 Å². The Morgan fingerprint density at radius 1 is 1.00 bits per heavy atom. The third kappa shape index (κ3) is 3.00. The van der Waals surface area contributed by atoms with E-state index in [4.69, 9.17) is 5.84 Å². The molecule has 0 unspecified atom stereocenters. The highest BCUT2D eigenvalue weighted by Crippen LogP contribution is 2.23. The van der Waals surface area contributed by atoms with Crippen LogP contribution in [0.2, 0.25) is 0 Å². The minimum Gasteiger partial charge on any atom is -0.332 e. The molecule has 102 valence electrons. The summed E-state index contributed by atoms with van der Waals surface area (Å²) in [6, 6.07) is 0.680. The van der Waals surface area contributed by atoms with Crippen LogP contribution in [0.5, 0.6) is 0 Å². The second kappa shape index (κ2) is 6.15. The molecular weight excluding hydrogens is 232 g/mol. The van der Waals surface area contributed by atoms with Crippen LogP contribution < -0.4 is 11.3 Å². The lowest BCUT2D eigenvalue weighted by molar-refractivity contribution is -0.147. The molecule has 1 aliphatic heterocycles. The van der Waals surface area contributed by atoms with Gasteiger partial charge in [-0.2, -0.15) is 0 Å². The summed E-state index contributed by atoms with van der Waals surface area (Å²) in [5.74, 6) is 3.73. The van der Waals surface area contributed by atoms with E-state index in [1.165, 1.54) is 32.1 Å². The van der Waals surface area contributed by atoms with Gasteiger partial charge in [-0.15, -0.1) is 0 Å². The van der Waals surface area contributed by atoms with Gasteiger partial charge in [-0.1, -0.05) is 19.3 Å². The molecule has 2 aliphatic rings. The van der Waals surface area contributed by atoms with Gasteiger partial charge in [0.1, 0.15) is 0 Å². The van der Waals surface area contributed by atoms with E-state index in [-0.39, 0.29) is 0 Å². The number of nitrogens with two attached hydrogens (primary N) is 1. The second-order valence-corrected chi connectivity index (χ2v) is 5.09. The molecule has 3 N–H and O–H groups in total. The Bertz CT molecular complexity index is 307. The van der Waals surface area contributed by atoms with Gasteiger partial charge in [0.15, 0.2) is 0 Å². The molecule has 0 aromatic carbocycles. The van der Waals surface area contributed by atoms with Gasteiger partial charge >= 0.3 is 11.8 Å². The number of carbonyl (C=O) groups is 2. The molecule has 6 heteroatoms. The van der Waals surface area contributed by atoms with Gasteiger partial charge in [-0.3, -0.25) is 19.9 Å². The van der Waals surface area contributed by atoms with E-state index in [1.54, 1.807) is 4.90 Å². The molecule has 0 spiro atoms. The molecule has 1 aliphatic carbocycles. The highest BCUT2D eigenvalue weighted by molar-refractivity contribution is 6.34. The van der Waals surface area contributed by atoms with Crippen LogP contribution in [-0.2, 0) is 9.59 Å². The zero-order valence-electron chi connectivity index (χ0n) is 10.7. The molecule has 2 rings (SSSR count). The average Bonchev–Trinajstić information content (AvgIpc) is 2.47. The highest BCUT2D eigenvalue weighted by Gasteiger charge is 2.29. The fourth-order valence-corrected chi connectivity index (χ4v) is 2.94. The minimum atomic E-state index is -0.721. The molecule has 1 saturated heterocycles. The van der Waals surface area contributed by atoms with Gasteiger partial charge in [-0.25, -0.2) is 5.84 Å². The van der Waals surface area contributed by atoms with Gasteiger partial charge in [0, 0.05) is 32.2 Å². The van der Waals surface area contributed by atoms with E-state index in [0.29, 0.717) is 19.1 Å². The van der Waals surface area contributed by atoms with Crippen LogP contribution in [0, 0.1) is 0 Å². The Balaban J connectivity index is 1.80. The molecule has 0 aromatic rings. The van der Waals surface area contributed by atoms with Crippen LogP contribution in [0.15, 0.2) is 0 Å². The van der Waals surface area contributed by atoms with E-state index < -0.39 is 11.8 Å². The Hall–Kier alpha value is -1.14. The van der Waals surface area contributed by atoms with Gasteiger partial charge in [0.05, 0.1) is 0 Å². The van der Waals surface area contributed by atoms with Crippen molar-refractivity contribution in [2.75, 3.05) is 26.2 Å². The molecule has 1 saturated carbocycles. The number of amides is 2. The first-order valence-corrected chi connectivity index (χ1v) is 6.76. The summed E-state index contributed by atoms with van der Waals surface area (Å²) in [5.41, 5.74) is 1.89. The fourth-order valence-electron chi connectivity index (χ4n) is 2.94. The number of piperazine rings is 1. The number of hydrazine groups is 1. The smallest absolute Gasteiger partial charge is 0.323 e.